The van der Waals surface area contributed by atoms with Crippen LogP contribution >= 0.6 is 15.9 Å². The molecule has 1 amide bonds. The van der Waals surface area contributed by atoms with Crippen molar-refractivity contribution in [3.8, 4) is 0 Å². The van der Waals surface area contributed by atoms with E-state index in [9.17, 15) is 4.79 Å². The number of rotatable bonds is 5. The maximum absolute atomic E-state index is 12.6. The number of nitrogens with one attached hydrogen (secondary N) is 2. The summed E-state index contributed by atoms with van der Waals surface area (Å²) in [6.07, 6.45) is 3.95. The van der Waals surface area contributed by atoms with Crippen LogP contribution in [-0.2, 0) is 4.79 Å². The van der Waals surface area contributed by atoms with E-state index in [-0.39, 0.29) is 17.5 Å². The maximum Gasteiger partial charge on any atom is 0.240 e. The van der Waals surface area contributed by atoms with Crippen molar-refractivity contribution in [2.24, 2.45) is 0 Å². The molecule has 110 valence electrons. The molecule has 4 heteroatoms. The predicted molar refractivity (Wildman–Crippen MR) is 85.6 cm³/mol. The lowest BCUT2D eigenvalue weighted by Crippen LogP contribution is -2.53. The van der Waals surface area contributed by atoms with Gasteiger partial charge in [-0.1, -0.05) is 41.4 Å². The number of hydrogen-bond donors (Lipinski definition) is 2. The molecule has 1 aliphatic rings. The van der Waals surface area contributed by atoms with E-state index in [0.29, 0.717) is 0 Å². The zero-order valence-electron chi connectivity index (χ0n) is 12.2. The highest BCUT2D eigenvalue weighted by Crippen LogP contribution is 2.26. The molecule has 3 nitrogen and oxygen atoms in total. The molecule has 1 saturated heterocycles. The summed E-state index contributed by atoms with van der Waals surface area (Å²) in [5.41, 5.74) is 0.770. The van der Waals surface area contributed by atoms with E-state index in [0.717, 1.165) is 42.3 Å². The lowest BCUT2D eigenvalue weighted by atomic mass is 9.90. The Morgan fingerprint density at radius 2 is 2.35 bits per heavy atom. The van der Waals surface area contributed by atoms with Crippen molar-refractivity contribution in [2.75, 3.05) is 6.54 Å². The molecule has 0 aliphatic carbocycles. The van der Waals surface area contributed by atoms with Crippen LogP contribution in [0.1, 0.15) is 51.1 Å². The van der Waals surface area contributed by atoms with Gasteiger partial charge in [0.1, 0.15) is 0 Å². The molecule has 0 aromatic heterocycles. The van der Waals surface area contributed by atoms with Crippen LogP contribution in [-0.4, -0.2) is 18.0 Å². The summed E-state index contributed by atoms with van der Waals surface area (Å²) in [5, 5.41) is 6.59. The number of carbonyl (C=O) groups is 1. The Hall–Kier alpha value is -0.870. The van der Waals surface area contributed by atoms with Gasteiger partial charge < -0.3 is 10.6 Å². The first-order chi connectivity index (χ1) is 9.57. The van der Waals surface area contributed by atoms with Crippen LogP contribution in [0.5, 0.6) is 0 Å². The van der Waals surface area contributed by atoms with Crippen molar-refractivity contribution in [2.45, 2.75) is 51.1 Å². The minimum atomic E-state index is -0.352. The van der Waals surface area contributed by atoms with Gasteiger partial charge in [-0.05, 0) is 50.4 Å². The Kier molecular flexibility index (Phi) is 5.22. The van der Waals surface area contributed by atoms with Gasteiger partial charge in [0.05, 0.1) is 11.6 Å². The summed E-state index contributed by atoms with van der Waals surface area (Å²) in [5.74, 6) is 0.143. The predicted octanol–water partition coefficient (Wildman–Crippen LogP) is 3.55. The van der Waals surface area contributed by atoms with Crippen LogP contribution in [0.25, 0.3) is 0 Å². The van der Waals surface area contributed by atoms with Gasteiger partial charge in [0, 0.05) is 4.47 Å². The summed E-state index contributed by atoms with van der Waals surface area (Å²) in [7, 11) is 0. The molecular formula is C16H23BrN2O. The number of halogens is 1. The third kappa shape index (κ3) is 3.41. The van der Waals surface area contributed by atoms with Crippen molar-refractivity contribution >= 4 is 21.8 Å². The Morgan fingerprint density at radius 3 is 2.95 bits per heavy atom. The lowest BCUT2D eigenvalue weighted by molar-refractivity contribution is -0.128. The average Bonchev–Trinajstić information content (AvgIpc) is 2.89. The normalized spacial score (nSPS) is 23.6. The Balaban J connectivity index is 2.06. The van der Waals surface area contributed by atoms with Gasteiger partial charge in [-0.2, -0.15) is 0 Å². The zero-order chi connectivity index (χ0) is 14.6. The smallest absolute Gasteiger partial charge is 0.240 e. The Bertz CT molecular complexity index is 469. The average molecular weight is 339 g/mol. The van der Waals surface area contributed by atoms with Gasteiger partial charge in [0.25, 0.3) is 0 Å². The Morgan fingerprint density at radius 1 is 1.55 bits per heavy atom. The van der Waals surface area contributed by atoms with Gasteiger partial charge in [-0.15, -0.1) is 0 Å². The summed E-state index contributed by atoms with van der Waals surface area (Å²) >= 11 is 3.47. The van der Waals surface area contributed by atoms with E-state index in [1.165, 1.54) is 0 Å². The number of carbonyl (C=O) groups excluding carboxylic acids is 1. The molecule has 1 heterocycles. The summed E-state index contributed by atoms with van der Waals surface area (Å²) in [4.78, 5) is 12.6. The molecule has 2 rings (SSSR count). The highest BCUT2D eigenvalue weighted by molar-refractivity contribution is 9.10. The van der Waals surface area contributed by atoms with E-state index in [1.807, 2.05) is 25.1 Å². The molecule has 0 saturated carbocycles. The highest BCUT2D eigenvalue weighted by atomic mass is 79.9. The Labute approximate surface area is 129 Å². The topological polar surface area (TPSA) is 41.1 Å². The van der Waals surface area contributed by atoms with E-state index in [2.05, 4.69) is 39.6 Å². The molecule has 1 aromatic rings. The van der Waals surface area contributed by atoms with Crippen molar-refractivity contribution in [3.63, 3.8) is 0 Å². The van der Waals surface area contributed by atoms with Gasteiger partial charge >= 0.3 is 0 Å². The van der Waals surface area contributed by atoms with Gasteiger partial charge in [0.15, 0.2) is 0 Å². The van der Waals surface area contributed by atoms with Crippen LogP contribution < -0.4 is 10.6 Å². The SMILES string of the molecule is CCCC1(C(=O)NC(C)c2cccc(Br)c2)CCCN1. The summed E-state index contributed by atoms with van der Waals surface area (Å²) in [6.45, 7) is 5.11. The third-order valence-electron chi connectivity index (χ3n) is 4.05. The molecule has 2 atom stereocenters. The standard InChI is InChI=1S/C16H23BrN2O/c1-3-8-16(9-5-10-18-16)15(20)19-12(2)13-6-4-7-14(17)11-13/h4,6-7,11-12,18H,3,5,8-10H2,1-2H3,(H,19,20). The van der Waals surface area contributed by atoms with E-state index in [1.54, 1.807) is 0 Å². The van der Waals surface area contributed by atoms with E-state index >= 15 is 0 Å². The number of benzene rings is 1. The quantitative estimate of drug-likeness (QED) is 0.861. The monoisotopic (exact) mass is 338 g/mol. The second kappa shape index (κ2) is 6.72. The first-order valence-corrected chi connectivity index (χ1v) is 8.18. The first kappa shape index (κ1) is 15.5. The molecule has 1 aromatic carbocycles. The zero-order valence-corrected chi connectivity index (χ0v) is 13.8. The lowest BCUT2D eigenvalue weighted by Gasteiger charge is -2.29. The molecule has 1 aliphatic heterocycles. The first-order valence-electron chi connectivity index (χ1n) is 7.39. The van der Waals surface area contributed by atoms with E-state index < -0.39 is 0 Å². The van der Waals surface area contributed by atoms with Crippen molar-refractivity contribution in [1.29, 1.82) is 0 Å². The minimum absolute atomic E-state index is 0.0242. The summed E-state index contributed by atoms with van der Waals surface area (Å²) < 4.78 is 1.04. The maximum atomic E-state index is 12.6. The van der Waals surface area contributed by atoms with Gasteiger partial charge in [-0.25, -0.2) is 0 Å². The van der Waals surface area contributed by atoms with E-state index in [4.69, 9.17) is 0 Å². The van der Waals surface area contributed by atoms with Crippen LogP contribution in [0.15, 0.2) is 28.7 Å². The second-order valence-corrected chi connectivity index (χ2v) is 6.53. The van der Waals surface area contributed by atoms with Crippen LogP contribution in [0.2, 0.25) is 0 Å². The molecule has 0 bridgehead atoms. The molecule has 0 radical (unpaired) electrons. The van der Waals surface area contributed by atoms with Gasteiger partial charge in [-0.3, -0.25) is 4.79 Å². The number of hydrogen-bond acceptors (Lipinski definition) is 2. The fraction of sp³-hybridized carbons (Fsp3) is 0.562. The molecule has 2 N–H and O–H groups in total. The molecular weight excluding hydrogens is 316 g/mol. The molecule has 2 unspecified atom stereocenters. The van der Waals surface area contributed by atoms with Crippen LogP contribution in [0.3, 0.4) is 0 Å². The molecule has 20 heavy (non-hydrogen) atoms. The van der Waals surface area contributed by atoms with Crippen LogP contribution in [0, 0.1) is 0 Å². The number of amides is 1. The molecule has 1 fully saturated rings. The third-order valence-corrected chi connectivity index (χ3v) is 4.54. The van der Waals surface area contributed by atoms with Crippen molar-refractivity contribution < 1.29 is 4.79 Å². The summed E-state index contributed by atoms with van der Waals surface area (Å²) in [6, 6.07) is 8.12. The minimum Gasteiger partial charge on any atom is -0.348 e. The second-order valence-electron chi connectivity index (χ2n) is 5.61. The highest BCUT2D eigenvalue weighted by Gasteiger charge is 2.40. The van der Waals surface area contributed by atoms with Crippen molar-refractivity contribution in [1.82, 2.24) is 10.6 Å². The van der Waals surface area contributed by atoms with Gasteiger partial charge in [0.2, 0.25) is 5.91 Å². The van der Waals surface area contributed by atoms with Crippen LogP contribution in [0.4, 0.5) is 0 Å². The largest absolute Gasteiger partial charge is 0.348 e. The fourth-order valence-corrected chi connectivity index (χ4v) is 3.36. The van der Waals surface area contributed by atoms with Crippen molar-refractivity contribution in [3.05, 3.63) is 34.3 Å². The molecule has 0 spiro atoms. The fourth-order valence-electron chi connectivity index (χ4n) is 2.95.